The number of alkyl halides is 3. The zero-order valence-electron chi connectivity index (χ0n) is 20.3. The van der Waals surface area contributed by atoms with Gasteiger partial charge in [-0.1, -0.05) is 58.0 Å². The normalized spacial score (nSPS) is 19.2. The van der Waals surface area contributed by atoms with Gasteiger partial charge in [-0.25, -0.2) is 4.39 Å². The van der Waals surface area contributed by atoms with Crippen molar-refractivity contribution in [2.45, 2.75) is 46.3 Å². The number of nitrogens with zero attached hydrogens (tertiary/aromatic N) is 2. The highest BCUT2D eigenvalue weighted by atomic mass is 19.4. The summed E-state index contributed by atoms with van der Waals surface area (Å²) in [6.07, 6.45) is -4.39. The quantitative estimate of drug-likeness (QED) is 0.422. The van der Waals surface area contributed by atoms with Gasteiger partial charge in [0.2, 0.25) is 5.91 Å². The molecule has 1 aliphatic rings. The molecule has 0 spiro atoms. The summed E-state index contributed by atoms with van der Waals surface area (Å²) in [5.74, 6) is -0.0232. The Bertz CT molecular complexity index is 973. The summed E-state index contributed by atoms with van der Waals surface area (Å²) in [7, 11) is 0. The molecule has 0 bridgehead atoms. The van der Waals surface area contributed by atoms with Gasteiger partial charge in [0, 0.05) is 44.6 Å². The summed E-state index contributed by atoms with van der Waals surface area (Å²) in [6.45, 7) is 10.7. The van der Waals surface area contributed by atoms with E-state index in [1.807, 2.05) is 24.8 Å². The average molecular weight is 479 g/mol. The van der Waals surface area contributed by atoms with Crippen LogP contribution in [-0.4, -0.2) is 41.9 Å². The van der Waals surface area contributed by atoms with Crippen molar-refractivity contribution in [1.82, 2.24) is 9.80 Å². The molecule has 1 heterocycles. The van der Waals surface area contributed by atoms with Gasteiger partial charge in [0.25, 0.3) is 0 Å². The standard InChI is InChI=1S/C27H34F4N2O/c1-18(2)13-33(26(34)19(3)4)16-22-15-32(17-25(22)21-8-6-10-24(28)12-21)14-20-7-5-9-23(11-20)27(29,30)31/h5-12,18-19,22,25H,13-17H2,1-4H3/t22-,25+/m1/s1. The van der Waals surface area contributed by atoms with Crippen molar-refractivity contribution in [3.05, 3.63) is 71.0 Å². The van der Waals surface area contributed by atoms with E-state index in [1.165, 1.54) is 24.3 Å². The molecule has 0 aromatic heterocycles. The van der Waals surface area contributed by atoms with Gasteiger partial charge in [-0.3, -0.25) is 9.69 Å². The zero-order valence-corrected chi connectivity index (χ0v) is 20.3. The molecule has 2 aromatic carbocycles. The number of rotatable bonds is 8. The Morgan fingerprint density at radius 1 is 1.06 bits per heavy atom. The molecular formula is C27H34F4N2O. The van der Waals surface area contributed by atoms with E-state index in [0.717, 1.165) is 11.6 Å². The van der Waals surface area contributed by atoms with Crippen LogP contribution in [-0.2, 0) is 17.5 Å². The summed E-state index contributed by atoms with van der Waals surface area (Å²) in [6, 6.07) is 11.9. The molecule has 0 unspecified atom stereocenters. The lowest BCUT2D eigenvalue weighted by molar-refractivity contribution is -0.137. The summed E-state index contributed by atoms with van der Waals surface area (Å²) in [5.41, 5.74) is 0.789. The predicted molar refractivity (Wildman–Crippen MR) is 126 cm³/mol. The Balaban J connectivity index is 1.85. The SMILES string of the molecule is CC(C)CN(C[C@H]1CN(Cc2cccc(C(F)(F)F)c2)C[C@H]1c1cccc(F)c1)C(=O)C(C)C. The highest BCUT2D eigenvalue weighted by Crippen LogP contribution is 2.36. The van der Waals surface area contributed by atoms with Crippen LogP contribution in [0, 0.1) is 23.6 Å². The van der Waals surface area contributed by atoms with Crippen LogP contribution < -0.4 is 0 Å². The van der Waals surface area contributed by atoms with Crippen LogP contribution >= 0.6 is 0 Å². The van der Waals surface area contributed by atoms with Gasteiger partial charge in [-0.05, 0) is 41.2 Å². The predicted octanol–water partition coefficient (Wildman–Crippen LogP) is 6.20. The molecule has 186 valence electrons. The van der Waals surface area contributed by atoms with E-state index in [0.29, 0.717) is 44.2 Å². The maximum Gasteiger partial charge on any atom is 0.416 e. The van der Waals surface area contributed by atoms with Gasteiger partial charge >= 0.3 is 6.18 Å². The minimum atomic E-state index is -4.39. The van der Waals surface area contributed by atoms with Crippen LogP contribution in [0.5, 0.6) is 0 Å². The first kappa shape index (κ1) is 26.2. The molecule has 1 aliphatic heterocycles. The third-order valence-corrected chi connectivity index (χ3v) is 6.30. The van der Waals surface area contributed by atoms with Crippen molar-refractivity contribution in [3.8, 4) is 0 Å². The number of carbonyl (C=O) groups is 1. The number of halogens is 4. The van der Waals surface area contributed by atoms with E-state index in [1.54, 1.807) is 12.1 Å². The van der Waals surface area contributed by atoms with E-state index >= 15 is 0 Å². The van der Waals surface area contributed by atoms with Crippen LogP contribution in [0.4, 0.5) is 17.6 Å². The highest BCUT2D eigenvalue weighted by molar-refractivity contribution is 5.78. The van der Waals surface area contributed by atoms with Gasteiger partial charge in [0.05, 0.1) is 5.56 Å². The first-order chi connectivity index (χ1) is 15.9. The molecule has 34 heavy (non-hydrogen) atoms. The Kier molecular flexibility index (Phi) is 8.39. The van der Waals surface area contributed by atoms with Crippen molar-refractivity contribution in [3.63, 3.8) is 0 Å². The maximum absolute atomic E-state index is 14.0. The minimum absolute atomic E-state index is 0.0175. The third-order valence-electron chi connectivity index (χ3n) is 6.30. The second-order valence-corrected chi connectivity index (χ2v) is 10.1. The number of benzene rings is 2. The minimum Gasteiger partial charge on any atom is -0.342 e. The fourth-order valence-electron chi connectivity index (χ4n) is 4.84. The van der Waals surface area contributed by atoms with Gasteiger partial charge in [0.15, 0.2) is 0 Å². The van der Waals surface area contributed by atoms with E-state index in [9.17, 15) is 22.4 Å². The molecule has 2 aromatic rings. The number of likely N-dealkylation sites (tertiary alicyclic amines) is 1. The Morgan fingerprint density at radius 2 is 1.76 bits per heavy atom. The molecule has 1 fully saturated rings. The van der Waals surface area contributed by atoms with Crippen molar-refractivity contribution in [2.75, 3.05) is 26.2 Å². The second-order valence-electron chi connectivity index (χ2n) is 10.1. The smallest absolute Gasteiger partial charge is 0.342 e. The van der Waals surface area contributed by atoms with Crippen molar-refractivity contribution in [1.29, 1.82) is 0 Å². The van der Waals surface area contributed by atoms with Crippen LogP contribution in [0.3, 0.4) is 0 Å². The lowest BCUT2D eigenvalue weighted by Crippen LogP contribution is -2.41. The van der Waals surface area contributed by atoms with Crippen LogP contribution in [0.15, 0.2) is 48.5 Å². The molecule has 3 rings (SSSR count). The lowest BCUT2D eigenvalue weighted by atomic mass is 9.88. The van der Waals surface area contributed by atoms with Gasteiger partial charge in [0.1, 0.15) is 5.82 Å². The number of amides is 1. The second kappa shape index (κ2) is 10.9. The molecule has 0 radical (unpaired) electrons. The Hall–Kier alpha value is -2.41. The number of hydrogen-bond donors (Lipinski definition) is 0. The molecule has 0 aliphatic carbocycles. The first-order valence-corrected chi connectivity index (χ1v) is 11.9. The van der Waals surface area contributed by atoms with Crippen LogP contribution in [0.2, 0.25) is 0 Å². The molecule has 3 nitrogen and oxygen atoms in total. The first-order valence-electron chi connectivity index (χ1n) is 11.9. The molecule has 2 atom stereocenters. The fraction of sp³-hybridized carbons (Fsp3) is 0.519. The van der Waals surface area contributed by atoms with Crippen LogP contribution in [0.1, 0.15) is 50.3 Å². The summed E-state index contributed by atoms with van der Waals surface area (Å²) < 4.78 is 53.5. The van der Waals surface area contributed by atoms with E-state index in [-0.39, 0.29) is 29.5 Å². The number of carbonyl (C=O) groups excluding carboxylic acids is 1. The third kappa shape index (κ3) is 6.81. The van der Waals surface area contributed by atoms with E-state index in [2.05, 4.69) is 18.7 Å². The topological polar surface area (TPSA) is 23.6 Å². The van der Waals surface area contributed by atoms with Gasteiger partial charge in [-0.15, -0.1) is 0 Å². The van der Waals surface area contributed by atoms with Crippen molar-refractivity contribution < 1.29 is 22.4 Å². The molecule has 0 saturated carbocycles. The molecule has 1 saturated heterocycles. The zero-order chi connectivity index (χ0) is 25.0. The van der Waals surface area contributed by atoms with Crippen LogP contribution in [0.25, 0.3) is 0 Å². The van der Waals surface area contributed by atoms with Gasteiger partial charge < -0.3 is 4.90 Å². The lowest BCUT2D eigenvalue weighted by Gasteiger charge is -2.31. The van der Waals surface area contributed by atoms with Crippen molar-refractivity contribution in [2.24, 2.45) is 17.8 Å². The number of hydrogen-bond acceptors (Lipinski definition) is 2. The van der Waals surface area contributed by atoms with Crippen molar-refractivity contribution >= 4 is 5.91 Å². The fourth-order valence-corrected chi connectivity index (χ4v) is 4.84. The molecule has 7 heteroatoms. The average Bonchev–Trinajstić information content (AvgIpc) is 3.14. The van der Waals surface area contributed by atoms with E-state index < -0.39 is 11.7 Å². The van der Waals surface area contributed by atoms with Gasteiger partial charge in [-0.2, -0.15) is 13.2 Å². The van der Waals surface area contributed by atoms with E-state index in [4.69, 9.17) is 0 Å². The molecule has 0 N–H and O–H groups in total. The Morgan fingerprint density at radius 3 is 2.38 bits per heavy atom. The largest absolute Gasteiger partial charge is 0.416 e. The molecule has 1 amide bonds. The summed E-state index contributed by atoms with van der Waals surface area (Å²) >= 11 is 0. The highest BCUT2D eigenvalue weighted by Gasteiger charge is 2.37. The summed E-state index contributed by atoms with van der Waals surface area (Å²) in [5, 5.41) is 0. The monoisotopic (exact) mass is 478 g/mol. The molecular weight excluding hydrogens is 444 g/mol. The Labute approximate surface area is 199 Å². The maximum atomic E-state index is 14.0. The summed E-state index contributed by atoms with van der Waals surface area (Å²) in [4.78, 5) is 16.9.